The van der Waals surface area contributed by atoms with E-state index in [1.165, 1.54) is 19.2 Å². The fraction of sp³-hybridized carbons (Fsp3) is 0.0833. The summed E-state index contributed by atoms with van der Waals surface area (Å²) < 4.78 is 31.8. The van der Waals surface area contributed by atoms with Crippen LogP contribution in [0.25, 0.3) is 0 Å². The highest BCUT2D eigenvalue weighted by Crippen LogP contribution is 2.28. The number of rotatable bonds is 4. The predicted molar refractivity (Wildman–Crippen MR) is 80.9 cm³/mol. The van der Waals surface area contributed by atoms with Crippen molar-refractivity contribution in [3.8, 4) is 5.75 Å². The van der Waals surface area contributed by atoms with Gasteiger partial charge in [-0.25, -0.2) is 8.42 Å². The second-order valence-corrected chi connectivity index (χ2v) is 6.46. The number of hydrogen-bond acceptors (Lipinski definition) is 4. The smallest absolute Gasteiger partial charge is 0.266 e. The van der Waals surface area contributed by atoms with Crippen LogP contribution in [0.4, 0.5) is 5.69 Å². The molecule has 0 radical (unpaired) electrons. The number of aromatic nitrogens is 1. The van der Waals surface area contributed by atoms with E-state index in [1.54, 1.807) is 6.07 Å². The van der Waals surface area contributed by atoms with Crippen molar-refractivity contribution >= 4 is 38.9 Å². The lowest BCUT2D eigenvalue weighted by atomic mass is 10.3. The molecule has 1 aromatic carbocycles. The van der Waals surface area contributed by atoms with E-state index in [1.807, 2.05) is 0 Å². The van der Waals surface area contributed by atoms with E-state index in [0.29, 0.717) is 5.75 Å². The third-order valence-electron chi connectivity index (χ3n) is 2.56. The first-order valence-corrected chi connectivity index (χ1v) is 7.82. The minimum absolute atomic E-state index is 0.151. The molecule has 6 nitrogen and oxygen atoms in total. The number of methoxy groups -OCH3 is 1. The zero-order valence-electron chi connectivity index (χ0n) is 10.7. The summed E-state index contributed by atoms with van der Waals surface area (Å²) in [5, 5.41) is -0.0236. The van der Waals surface area contributed by atoms with Gasteiger partial charge >= 0.3 is 0 Å². The molecule has 2 rings (SSSR count). The predicted octanol–water partition coefficient (Wildman–Crippen LogP) is 2.49. The molecule has 2 N–H and O–H groups in total. The number of H-pyrrole nitrogens is 1. The molecule has 112 valence electrons. The highest BCUT2D eigenvalue weighted by Gasteiger charge is 2.17. The lowest BCUT2D eigenvalue weighted by Crippen LogP contribution is -2.16. The molecule has 0 spiro atoms. The van der Waals surface area contributed by atoms with Crippen molar-refractivity contribution in [2.75, 3.05) is 11.8 Å². The summed E-state index contributed by atoms with van der Waals surface area (Å²) in [5.41, 5.74) is -0.423. The Labute approximate surface area is 130 Å². The van der Waals surface area contributed by atoms with Gasteiger partial charge in [-0.3, -0.25) is 9.52 Å². The molecule has 0 unspecified atom stereocenters. The van der Waals surface area contributed by atoms with E-state index < -0.39 is 15.6 Å². The minimum atomic E-state index is -3.94. The molecule has 0 aliphatic heterocycles. The molecule has 0 bridgehead atoms. The zero-order chi connectivity index (χ0) is 15.6. The van der Waals surface area contributed by atoms with Gasteiger partial charge in [0.05, 0.1) is 17.8 Å². The van der Waals surface area contributed by atoms with Crippen LogP contribution in [0, 0.1) is 0 Å². The number of aromatic amines is 1. The molecule has 0 atom stereocenters. The van der Waals surface area contributed by atoms with E-state index in [9.17, 15) is 13.2 Å². The average Bonchev–Trinajstić information content (AvgIpc) is 2.44. The van der Waals surface area contributed by atoms with Gasteiger partial charge in [0.25, 0.3) is 15.6 Å². The highest BCUT2D eigenvalue weighted by molar-refractivity contribution is 7.92. The van der Waals surface area contributed by atoms with Crippen LogP contribution in [0.5, 0.6) is 5.75 Å². The van der Waals surface area contributed by atoms with Crippen LogP contribution in [-0.2, 0) is 10.0 Å². The van der Waals surface area contributed by atoms with E-state index >= 15 is 0 Å². The van der Waals surface area contributed by atoms with Gasteiger partial charge in [-0.2, -0.15) is 0 Å². The molecule has 21 heavy (non-hydrogen) atoms. The van der Waals surface area contributed by atoms with Crippen molar-refractivity contribution in [3.05, 3.63) is 50.9 Å². The lowest BCUT2D eigenvalue weighted by molar-refractivity contribution is 0.415. The van der Waals surface area contributed by atoms with Crippen molar-refractivity contribution in [1.29, 1.82) is 0 Å². The van der Waals surface area contributed by atoms with Gasteiger partial charge in [-0.15, -0.1) is 0 Å². The topological polar surface area (TPSA) is 88.3 Å². The molecule has 0 aliphatic carbocycles. The molecule has 1 heterocycles. The summed E-state index contributed by atoms with van der Waals surface area (Å²) >= 11 is 11.6. The maximum Gasteiger partial charge on any atom is 0.266 e. The number of ether oxygens (including phenoxy) is 1. The normalized spacial score (nSPS) is 11.2. The van der Waals surface area contributed by atoms with Crippen molar-refractivity contribution in [2.24, 2.45) is 0 Å². The minimum Gasteiger partial charge on any atom is -0.497 e. The summed E-state index contributed by atoms with van der Waals surface area (Å²) in [4.78, 5) is 13.2. The molecule has 1 aromatic heterocycles. The Morgan fingerprint density at radius 1 is 1.19 bits per heavy atom. The largest absolute Gasteiger partial charge is 0.497 e. The van der Waals surface area contributed by atoms with Crippen molar-refractivity contribution in [3.63, 3.8) is 0 Å². The van der Waals surface area contributed by atoms with Crippen LogP contribution in [0.3, 0.4) is 0 Å². The summed E-state index contributed by atoms with van der Waals surface area (Å²) in [6.07, 6.45) is 1.05. The molecule has 9 heteroatoms. The van der Waals surface area contributed by atoms with Crippen LogP contribution in [-0.4, -0.2) is 20.5 Å². The van der Waals surface area contributed by atoms with E-state index in [4.69, 9.17) is 27.9 Å². The number of anilines is 1. The second-order valence-electron chi connectivity index (χ2n) is 3.96. The summed E-state index contributed by atoms with van der Waals surface area (Å²) in [5.74, 6) is 0.441. The summed E-state index contributed by atoms with van der Waals surface area (Å²) in [6, 6.07) is 5.58. The van der Waals surface area contributed by atoms with Crippen molar-refractivity contribution in [1.82, 2.24) is 4.98 Å². The van der Waals surface area contributed by atoms with Gasteiger partial charge < -0.3 is 9.72 Å². The Hall–Kier alpha value is -1.70. The molecule has 2 aromatic rings. The molecule has 0 saturated carbocycles. The number of pyridine rings is 1. The number of sulfonamides is 1. The van der Waals surface area contributed by atoms with E-state index in [2.05, 4.69) is 9.71 Å². The van der Waals surface area contributed by atoms with Crippen LogP contribution >= 0.6 is 23.2 Å². The summed E-state index contributed by atoms with van der Waals surface area (Å²) in [6.45, 7) is 0. The van der Waals surface area contributed by atoms with E-state index in [0.717, 1.165) is 12.3 Å². The van der Waals surface area contributed by atoms with Crippen LogP contribution in [0.2, 0.25) is 10.0 Å². The Bertz CT molecular complexity index is 833. The number of nitrogens with one attached hydrogen (secondary N) is 2. The van der Waals surface area contributed by atoms with Gasteiger partial charge in [-0.05, 0) is 18.2 Å². The zero-order valence-corrected chi connectivity index (χ0v) is 13.0. The standard InChI is InChI=1S/C12H10Cl2N2O4S/c1-20-7-2-3-9(13)11(4-7)16-21(18,19)8-5-10(14)12(17)15-6-8/h2-6,16H,1H3,(H,15,17). The fourth-order valence-electron chi connectivity index (χ4n) is 1.51. The Morgan fingerprint density at radius 3 is 2.52 bits per heavy atom. The first kappa shape index (κ1) is 15.7. The van der Waals surface area contributed by atoms with Crippen molar-refractivity contribution < 1.29 is 13.2 Å². The van der Waals surface area contributed by atoms with Crippen LogP contribution < -0.4 is 15.0 Å². The van der Waals surface area contributed by atoms with Crippen LogP contribution in [0.15, 0.2) is 40.2 Å². The first-order valence-electron chi connectivity index (χ1n) is 5.58. The highest BCUT2D eigenvalue weighted by atomic mass is 35.5. The van der Waals surface area contributed by atoms with Gasteiger partial charge in [0.1, 0.15) is 15.7 Å². The Kier molecular flexibility index (Phi) is 4.46. The molecular weight excluding hydrogens is 339 g/mol. The monoisotopic (exact) mass is 348 g/mol. The summed E-state index contributed by atoms with van der Waals surface area (Å²) in [7, 11) is -2.50. The third kappa shape index (κ3) is 3.49. The van der Waals surface area contributed by atoms with Gasteiger partial charge in [0, 0.05) is 12.3 Å². The SMILES string of the molecule is COc1ccc(Cl)c(NS(=O)(=O)c2c[nH]c(=O)c(Cl)c2)c1. The number of halogens is 2. The third-order valence-corrected chi connectivity index (χ3v) is 4.51. The lowest BCUT2D eigenvalue weighted by Gasteiger charge is -2.11. The second kappa shape index (κ2) is 5.97. The van der Waals surface area contributed by atoms with Crippen LogP contribution in [0.1, 0.15) is 0 Å². The molecular formula is C12H10Cl2N2O4S. The fourth-order valence-corrected chi connectivity index (χ4v) is 3.03. The molecule has 0 amide bonds. The maximum atomic E-state index is 12.2. The number of benzene rings is 1. The van der Waals surface area contributed by atoms with Gasteiger partial charge in [0.2, 0.25) is 0 Å². The molecule has 0 fully saturated rings. The Morgan fingerprint density at radius 2 is 1.90 bits per heavy atom. The molecule has 0 aliphatic rings. The van der Waals surface area contributed by atoms with Gasteiger partial charge in [-0.1, -0.05) is 23.2 Å². The quantitative estimate of drug-likeness (QED) is 0.888. The van der Waals surface area contributed by atoms with Crippen molar-refractivity contribution in [2.45, 2.75) is 4.90 Å². The first-order chi connectivity index (χ1) is 9.83. The van der Waals surface area contributed by atoms with Gasteiger partial charge in [0.15, 0.2) is 0 Å². The van der Waals surface area contributed by atoms with E-state index in [-0.39, 0.29) is 20.6 Å². The Balaban J connectivity index is 2.41. The number of hydrogen-bond donors (Lipinski definition) is 2. The maximum absolute atomic E-state index is 12.2. The molecule has 0 saturated heterocycles. The average molecular weight is 349 g/mol.